The van der Waals surface area contributed by atoms with Gasteiger partial charge in [0.05, 0.1) is 12.6 Å². The van der Waals surface area contributed by atoms with Crippen LogP contribution in [-0.2, 0) is 4.74 Å². The van der Waals surface area contributed by atoms with Crippen molar-refractivity contribution < 1.29 is 14.0 Å². The summed E-state index contributed by atoms with van der Waals surface area (Å²) >= 11 is 1.53. The Balaban J connectivity index is 1.43. The third-order valence-corrected chi connectivity index (χ3v) is 6.00. The largest absolute Gasteiger partial charge is 0.475 e. The van der Waals surface area contributed by atoms with Crippen LogP contribution < -0.4 is 15.0 Å². The number of aromatic nitrogens is 6. The molecule has 11 nitrogen and oxygen atoms in total. The summed E-state index contributed by atoms with van der Waals surface area (Å²) < 4.78 is 16.6. The Hall–Kier alpha value is -3.51. The highest BCUT2D eigenvalue weighted by Crippen LogP contribution is 2.37. The summed E-state index contributed by atoms with van der Waals surface area (Å²) in [6.45, 7) is 3.58. The van der Waals surface area contributed by atoms with Crippen LogP contribution in [0.4, 0.5) is 17.6 Å². The van der Waals surface area contributed by atoms with Crippen molar-refractivity contribution in [1.82, 2.24) is 30.3 Å². The van der Waals surface area contributed by atoms with Crippen LogP contribution in [0.1, 0.15) is 30.3 Å². The molecule has 0 saturated carbocycles. The van der Waals surface area contributed by atoms with Crippen molar-refractivity contribution in [2.45, 2.75) is 25.8 Å². The third-order valence-electron chi connectivity index (χ3n) is 5.21. The molecule has 1 saturated heterocycles. The van der Waals surface area contributed by atoms with E-state index in [0.717, 1.165) is 41.5 Å². The first-order valence-electron chi connectivity index (χ1n) is 10.6. The van der Waals surface area contributed by atoms with E-state index in [9.17, 15) is 0 Å². The lowest BCUT2D eigenvalue weighted by Gasteiger charge is -2.23. The van der Waals surface area contributed by atoms with Crippen LogP contribution in [0.25, 0.3) is 10.7 Å². The highest BCUT2D eigenvalue weighted by atomic mass is 32.1. The summed E-state index contributed by atoms with van der Waals surface area (Å²) in [6.07, 6.45) is 3.65. The maximum atomic E-state index is 5.81. The molecule has 4 aromatic heterocycles. The standard InChI is InChI=1S/C21H24N8O3S/c1-13-10-18(27-26-13)23-17-12-19(31-8-7-30-2)25-21(24-17)29-6-3-4-15(29)16-11-14(28-32-16)20-22-5-9-33-20/h5,9-12,15H,3-4,6-8H2,1-2H3,(H2,23,24,25,26,27). The van der Waals surface area contributed by atoms with Gasteiger partial charge in [-0.3, -0.25) is 5.10 Å². The monoisotopic (exact) mass is 468 g/mol. The highest BCUT2D eigenvalue weighted by Gasteiger charge is 2.32. The summed E-state index contributed by atoms with van der Waals surface area (Å²) in [5, 5.41) is 17.3. The number of aryl methyl sites for hydroxylation is 1. The Bertz CT molecular complexity index is 1190. The first-order valence-corrected chi connectivity index (χ1v) is 11.5. The minimum absolute atomic E-state index is 0.0269. The molecule has 5 rings (SSSR count). The lowest BCUT2D eigenvalue weighted by Crippen LogP contribution is -2.25. The summed E-state index contributed by atoms with van der Waals surface area (Å²) in [6, 6.07) is 5.58. The van der Waals surface area contributed by atoms with Gasteiger partial charge < -0.3 is 24.2 Å². The molecular weight excluding hydrogens is 444 g/mol. The van der Waals surface area contributed by atoms with Gasteiger partial charge in [0, 0.05) is 49.1 Å². The third kappa shape index (κ3) is 4.81. The number of thiazole rings is 1. The molecule has 1 atom stereocenters. The van der Waals surface area contributed by atoms with Crippen molar-refractivity contribution in [2.24, 2.45) is 0 Å². The number of nitrogens with one attached hydrogen (secondary N) is 2. The number of ether oxygens (including phenoxy) is 2. The van der Waals surface area contributed by atoms with Crippen LogP contribution in [0.2, 0.25) is 0 Å². The number of hydrogen-bond acceptors (Lipinski definition) is 11. The topological polar surface area (TPSA) is 127 Å². The number of H-pyrrole nitrogens is 1. The maximum Gasteiger partial charge on any atom is 0.231 e. The molecule has 1 fully saturated rings. The van der Waals surface area contributed by atoms with Gasteiger partial charge in [-0.1, -0.05) is 5.16 Å². The fourth-order valence-electron chi connectivity index (χ4n) is 3.72. The molecule has 1 unspecified atom stereocenters. The first-order chi connectivity index (χ1) is 16.2. The Morgan fingerprint density at radius 3 is 2.97 bits per heavy atom. The molecule has 0 spiro atoms. The number of methoxy groups -OCH3 is 1. The van der Waals surface area contributed by atoms with Crippen LogP contribution in [0.15, 0.2) is 34.3 Å². The molecule has 0 amide bonds. The van der Waals surface area contributed by atoms with Crippen molar-refractivity contribution in [3.63, 3.8) is 0 Å². The van der Waals surface area contributed by atoms with E-state index in [-0.39, 0.29) is 6.04 Å². The van der Waals surface area contributed by atoms with Crippen LogP contribution in [0, 0.1) is 6.92 Å². The second kappa shape index (κ2) is 9.55. The molecule has 1 aliphatic heterocycles. The molecule has 2 N–H and O–H groups in total. The van der Waals surface area contributed by atoms with Crippen molar-refractivity contribution >= 4 is 28.9 Å². The van der Waals surface area contributed by atoms with Crippen LogP contribution >= 0.6 is 11.3 Å². The van der Waals surface area contributed by atoms with Crippen LogP contribution in [0.3, 0.4) is 0 Å². The number of nitrogens with zero attached hydrogens (tertiary/aromatic N) is 6. The minimum Gasteiger partial charge on any atom is -0.475 e. The van der Waals surface area contributed by atoms with Crippen molar-refractivity contribution in [3.8, 4) is 16.6 Å². The van der Waals surface area contributed by atoms with E-state index >= 15 is 0 Å². The van der Waals surface area contributed by atoms with Gasteiger partial charge in [-0.05, 0) is 19.8 Å². The minimum atomic E-state index is -0.0269. The lowest BCUT2D eigenvalue weighted by atomic mass is 10.1. The van der Waals surface area contributed by atoms with Crippen LogP contribution in [0.5, 0.6) is 5.88 Å². The molecule has 0 aliphatic carbocycles. The first kappa shape index (κ1) is 21.3. The van der Waals surface area contributed by atoms with Crippen molar-refractivity contribution in [2.75, 3.05) is 37.1 Å². The highest BCUT2D eigenvalue weighted by molar-refractivity contribution is 7.13. The molecule has 5 heterocycles. The SMILES string of the molecule is COCCOc1cc(Nc2cc(C)[nH]n2)nc(N2CCCC2c2cc(-c3nccs3)no2)n1. The second-order valence-corrected chi connectivity index (χ2v) is 8.49. The summed E-state index contributed by atoms with van der Waals surface area (Å²) in [5.41, 5.74) is 1.69. The molecular formula is C21H24N8O3S. The van der Waals surface area contributed by atoms with E-state index in [1.807, 2.05) is 24.4 Å². The zero-order valence-corrected chi connectivity index (χ0v) is 19.1. The van der Waals surface area contributed by atoms with E-state index in [2.05, 4.69) is 35.5 Å². The number of hydrogen-bond donors (Lipinski definition) is 2. The predicted octanol–water partition coefficient (Wildman–Crippen LogP) is 3.73. The summed E-state index contributed by atoms with van der Waals surface area (Å²) in [4.78, 5) is 15.8. The molecule has 172 valence electrons. The number of aromatic amines is 1. The molecule has 1 aliphatic rings. The zero-order valence-electron chi connectivity index (χ0n) is 18.3. The van der Waals surface area contributed by atoms with Crippen molar-refractivity contribution in [3.05, 3.63) is 41.2 Å². The van der Waals surface area contributed by atoms with E-state index < -0.39 is 0 Å². The maximum absolute atomic E-state index is 5.81. The van der Waals surface area contributed by atoms with Gasteiger partial charge in [-0.15, -0.1) is 11.3 Å². The number of anilines is 3. The summed E-state index contributed by atoms with van der Waals surface area (Å²) in [5.74, 6) is 3.03. The Morgan fingerprint density at radius 1 is 1.24 bits per heavy atom. The Morgan fingerprint density at radius 2 is 2.18 bits per heavy atom. The summed E-state index contributed by atoms with van der Waals surface area (Å²) in [7, 11) is 1.63. The van der Waals surface area contributed by atoms with Gasteiger partial charge in [0.1, 0.15) is 23.1 Å². The van der Waals surface area contributed by atoms with E-state index in [4.69, 9.17) is 19.0 Å². The molecule has 0 radical (unpaired) electrons. The van der Waals surface area contributed by atoms with E-state index in [1.54, 1.807) is 19.4 Å². The second-order valence-electron chi connectivity index (χ2n) is 7.60. The smallest absolute Gasteiger partial charge is 0.231 e. The zero-order chi connectivity index (χ0) is 22.6. The van der Waals surface area contributed by atoms with Gasteiger partial charge in [-0.25, -0.2) is 4.98 Å². The van der Waals surface area contributed by atoms with E-state index in [1.165, 1.54) is 11.3 Å². The fourth-order valence-corrected chi connectivity index (χ4v) is 4.31. The van der Waals surface area contributed by atoms with E-state index in [0.29, 0.717) is 36.7 Å². The van der Waals surface area contributed by atoms with Gasteiger partial charge in [0.15, 0.2) is 11.6 Å². The van der Waals surface area contributed by atoms with Crippen molar-refractivity contribution in [1.29, 1.82) is 0 Å². The Kier molecular flexibility index (Phi) is 6.17. The lowest BCUT2D eigenvalue weighted by molar-refractivity contribution is 0.143. The van der Waals surface area contributed by atoms with Gasteiger partial charge >= 0.3 is 0 Å². The molecule has 4 aromatic rings. The molecule has 33 heavy (non-hydrogen) atoms. The molecule has 0 bridgehead atoms. The average Bonchev–Trinajstić information content (AvgIpc) is 3.60. The van der Waals surface area contributed by atoms with Gasteiger partial charge in [-0.2, -0.15) is 15.1 Å². The Labute approximate surface area is 194 Å². The van der Waals surface area contributed by atoms with Crippen LogP contribution in [-0.4, -0.2) is 57.2 Å². The fraction of sp³-hybridized carbons (Fsp3) is 0.381. The average molecular weight is 469 g/mol. The molecule has 0 aromatic carbocycles. The quantitative estimate of drug-likeness (QED) is 0.351. The predicted molar refractivity (Wildman–Crippen MR) is 123 cm³/mol. The number of rotatable bonds is 9. The molecule has 12 heteroatoms. The van der Waals surface area contributed by atoms with Gasteiger partial charge in [0.25, 0.3) is 0 Å². The normalized spacial score (nSPS) is 15.8. The van der Waals surface area contributed by atoms with Gasteiger partial charge in [0.2, 0.25) is 11.8 Å².